The number of hydrogen-bond donors (Lipinski definition) is 3. The van der Waals surface area contributed by atoms with Gasteiger partial charge in [-0.15, -0.1) is 0 Å². The average Bonchev–Trinajstić information content (AvgIpc) is 2.99. The zero-order valence-corrected chi connectivity index (χ0v) is 24.6. The SMILES string of the molecule is C=CCOc1cc(Cl)c(Cl)cc1[C@H](CC(C)(C)S(N)=O)C1CCN(C(=O)C2CCCCNC(=O)NC2)CC1. The van der Waals surface area contributed by atoms with Crippen molar-refractivity contribution in [3.8, 4) is 5.75 Å². The molecule has 2 unspecified atom stereocenters. The Labute approximate surface area is 238 Å². The van der Waals surface area contributed by atoms with Crippen LogP contribution in [0.2, 0.25) is 10.0 Å². The number of benzene rings is 1. The molecule has 2 aliphatic heterocycles. The number of hydrogen-bond acceptors (Lipinski definition) is 4. The van der Waals surface area contributed by atoms with Gasteiger partial charge in [0, 0.05) is 32.2 Å². The summed E-state index contributed by atoms with van der Waals surface area (Å²) in [5.74, 6) is 0.625. The molecular formula is C27H40Cl2N4O4S. The number of likely N-dealkylation sites (tertiary alicyclic amines) is 1. The summed E-state index contributed by atoms with van der Waals surface area (Å²) in [6, 6.07) is 3.34. The lowest BCUT2D eigenvalue weighted by atomic mass is 9.75. The first-order chi connectivity index (χ1) is 18.0. The van der Waals surface area contributed by atoms with E-state index in [1.165, 1.54) is 0 Å². The molecule has 1 aromatic carbocycles. The molecule has 0 bridgehead atoms. The van der Waals surface area contributed by atoms with Crippen molar-refractivity contribution >= 4 is 46.1 Å². The number of ether oxygens (including phenoxy) is 1. The van der Waals surface area contributed by atoms with Gasteiger partial charge in [0.25, 0.3) is 0 Å². The Morgan fingerprint density at radius 2 is 1.92 bits per heavy atom. The Balaban J connectivity index is 1.81. The van der Waals surface area contributed by atoms with Crippen molar-refractivity contribution in [2.75, 3.05) is 32.8 Å². The van der Waals surface area contributed by atoms with E-state index in [9.17, 15) is 13.8 Å². The second-order valence-corrected chi connectivity index (χ2v) is 13.3. The summed E-state index contributed by atoms with van der Waals surface area (Å²) in [4.78, 5) is 27.2. The smallest absolute Gasteiger partial charge is 0.314 e. The average molecular weight is 588 g/mol. The maximum atomic E-state index is 13.4. The standard InChI is InChI=1S/C27H40Cl2N4O4S/c1-4-13-37-24-15-23(29)22(28)14-20(24)21(16-27(2,3)38(30)36)18-8-11-33(12-9-18)25(34)19-7-5-6-10-31-26(35)32-17-19/h4,14-15,18-19,21H,1,5-13,16-17,30H2,2-3H3,(H2,31,32,35)/t19?,21-,38?/m1/s1. The number of carbonyl (C=O) groups is 2. The molecule has 2 aliphatic rings. The molecule has 8 nitrogen and oxygen atoms in total. The maximum absolute atomic E-state index is 13.4. The van der Waals surface area contributed by atoms with Crippen LogP contribution in [0.15, 0.2) is 24.8 Å². The molecule has 4 N–H and O–H groups in total. The van der Waals surface area contributed by atoms with E-state index in [2.05, 4.69) is 17.2 Å². The lowest BCUT2D eigenvalue weighted by Crippen LogP contribution is -2.46. The van der Waals surface area contributed by atoms with Crippen LogP contribution < -0.4 is 20.5 Å². The number of carbonyl (C=O) groups excluding carboxylic acids is 2. The van der Waals surface area contributed by atoms with Crippen molar-refractivity contribution in [1.82, 2.24) is 15.5 Å². The molecule has 0 aliphatic carbocycles. The van der Waals surface area contributed by atoms with Gasteiger partial charge in [0.15, 0.2) is 0 Å². The Morgan fingerprint density at radius 3 is 2.58 bits per heavy atom. The first kappa shape index (κ1) is 30.7. The van der Waals surface area contributed by atoms with Crippen LogP contribution in [0.5, 0.6) is 5.75 Å². The number of urea groups is 1. The molecule has 2 heterocycles. The minimum Gasteiger partial charge on any atom is -0.489 e. The highest BCUT2D eigenvalue weighted by Gasteiger charge is 2.38. The molecule has 2 saturated heterocycles. The highest BCUT2D eigenvalue weighted by molar-refractivity contribution is 7.84. The second kappa shape index (κ2) is 14.0. The van der Waals surface area contributed by atoms with Crippen molar-refractivity contribution in [2.24, 2.45) is 17.0 Å². The topological polar surface area (TPSA) is 114 Å². The van der Waals surface area contributed by atoms with E-state index in [0.29, 0.717) is 55.0 Å². The van der Waals surface area contributed by atoms with Gasteiger partial charge in [-0.3, -0.25) is 9.93 Å². The van der Waals surface area contributed by atoms with Crippen LogP contribution in [0.3, 0.4) is 0 Å². The van der Waals surface area contributed by atoms with Crippen LogP contribution in [-0.4, -0.2) is 58.6 Å². The van der Waals surface area contributed by atoms with Crippen molar-refractivity contribution in [3.05, 3.63) is 40.4 Å². The van der Waals surface area contributed by atoms with Crippen LogP contribution in [0, 0.1) is 11.8 Å². The molecule has 3 rings (SSSR count). The maximum Gasteiger partial charge on any atom is 0.314 e. The molecule has 0 saturated carbocycles. The van der Waals surface area contributed by atoms with Crippen molar-refractivity contribution in [3.63, 3.8) is 0 Å². The molecule has 2 fully saturated rings. The normalized spacial score (nSPS) is 21.2. The molecule has 3 amide bonds. The second-order valence-electron chi connectivity index (χ2n) is 10.8. The Morgan fingerprint density at radius 1 is 1.24 bits per heavy atom. The van der Waals surface area contributed by atoms with Gasteiger partial charge in [-0.25, -0.2) is 9.00 Å². The Bertz CT molecular complexity index is 1030. The first-order valence-electron chi connectivity index (χ1n) is 13.2. The van der Waals surface area contributed by atoms with E-state index >= 15 is 0 Å². The predicted molar refractivity (Wildman–Crippen MR) is 154 cm³/mol. The summed E-state index contributed by atoms with van der Waals surface area (Å²) < 4.78 is 17.7. The van der Waals surface area contributed by atoms with Gasteiger partial charge in [-0.1, -0.05) is 42.3 Å². The first-order valence-corrected chi connectivity index (χ1v) is 15.2. The van der Waals surface area contributed by atoms with E-state index in [0.717, 1.165) is 37.7 Å². The monoisotopic (exact) mass is 586 g/mol. The summed E-state index contributed by atoms with van der Waals surface area (Å²) in [6.07, 6.45) is 6.27. The number of nitrogens with zero attached hydrogens (tertiary/aromatic N) is 1. The van der Waals surface area contributed by atoms with Crippen LogP contribution in [0.1, 0.15) is 63.9 Å². The van der Waals surface area contributed by atoms with Crippen molar-refractivity contribution in [1.29, 1.82) is 0 Å². The van der Waals surface area contributed by atoms with Crippen molar-refractivity contribution in [2.45, 2.75) is 63.0 Å². The van der Waals surface area contributed by atoms with Gasteiger partial charge in [0.2, 0.25) is 5.91 Å². The fourth-order valence-corrected chi connectivity index (χ4v) is 6.01. The zero-order valence-electron chi connectivity index (χ0n) is 22.3. The molecule has 212 valence electrons. The van der Waals surface area contributed by atoms with Crippen LogP contribution in [0.25, 0.3) is 0 Å². The molecule has 3 atom stereocenters. The van der Waals surface area contributed by atoms with E-state index in [4.69, 9.17) is 33.1 Å². The minimum absolute atomic E-state index is 0.0559. The highest BCUT2D eigenvalue weighted by Crippen LogP contribution is 2.45. The highest BCUT2D eigenvalue weighted by atomic mass is 35.5. The molecule has 11 heteroatoms. The number of nitrogens with two attached hydrogens (primary N) is 1. The fourth-order valence-electron chi connectivity index (χ4n) is 5.34. The molecule has 0 radical (unpaired) electrons. The van der Waals surface area contributed by atoms with Crippen molar-refractivity contribution < 1.29 is 18.5 Å². The number of piperidine rings is 1. The van der Waals surface area contributed by atoms with E-state index in [-0.39, 0.29) is 29.7 Å². The fraction of sp³-hybridized carbons (Fsp3) is 0.630. The van der Waals surface area contributed by atoms with E-state index < -0.39 is 15.7 Å². The lowest BCUT2D eigenvalue weighted by molar-refractivity contribution is -0.137. The quantitative estimate of drug-likeness (QED) is 0.361. The summed E-state index contributed by atoms with van der Waals surface area (Å²) in [5, 5.41) is 12.3. The summed E-state index contributed by atoms with van der Waals surface area (Å²) in [5.41, 5.74) is 0.899. The van der Waals surface area contributed by atoms with E-state index in [1.807, 2.05) is 24.8 Å². The lowest BCUT2D eigenvalue weighted by Gasteiger charge is -2.40. The number of nitrogens with one attached hydrogen (secondary N) is 2. The van der Waals surface area contributed by atoms with Gasteiger partial charge >= 0.3 is 6.03 Å². The third-order valence-electron chi connectivity index (χ3n) is 7.61. The van der Waals surface area contributed by atoms with Gasteiger partial charge in [-0.05, 0) is 69.4 Å². The molecule has 38 heavy (non-hydrogen) atoms. The summed E-state index contributed by atoms with van der Waals surface area (Å²) in [7, 11) is -1.54. The van der Waals surface area contributed by atoms with Gasteiger partial charge in [0.05, 0.1) is 31.7 Å². The van der Waals surface area contributed by atoms with Gasteiger partial charge < -0.3 is 20.3 Å². The van der Waals surface area contributed by atoms with Crippen LogP contribution in [-0.2, 0) is 15.8 Å². The number of rotatable bonds is 9. The van der Waals surface area contributed by atoms with E-state index in [1.54, 1.807) is 12.1 Å². The van der Waals surface area contributed by atoms with Crippen LogP contribution >= 0.6 is 23.2 Å². The minimum atomic E-state index is -1.54. The van der Waals surface area contributed by atoms with Gasteiger partial charge in [-0.2, -0.15) is 0 Å². The van der Waals surface area contributed by atoms with Crippen LogP contribution in [0.4, 0.5) is 4.79 Å². The molecule has 1 aromatic rings. The zero-order chi connectivity index (χ0) is 27.9. The third kappa shape index (κ3) is 8.10. The number of halogens is 2. The summed E-state index contributed by atoms with van der Waals surface area (Å²) in [6.45, 7) is 10.0. The molecule has 0 aromatic heterocycles. The number of amides is 3. The Kier molecular flexibility index (Phi) is 11.3. The van der Waals surface area contributed by atoms with Gasteiger partial charge in [0.1, 0.15) is 12.4 Å². The largest absolute Gasteiger partial charge is 0.489 e. The molecule has 0 spiro atoms. The third-order valence-corrected chi connectivity index (χ3v) is 9.59. The predicted octanol–water partition coefficient (Wildman–Crippen LogP) is 4.77. The summed E-state index contributed by atoms with van der Waals surface area (Å²) >= 11 is 12.8. The molecular weight excluding hydrogens is 547 g/mol. The Hall–Kier alpha value is -1.81.